The Labute approximate surface area is 172 Å². The average molecular weight is 402 g/mol. The lowest BCUT2D eigenvalue weighted by Crippen LogP contribution is -2.17. The molecule has 0 saturated heterocycles. The van der Waals surface area contributed by atoms with Crippen LogP contribution in [0, 0.1) is 21.4 Å². The number of anilines is 1. The molecule has 3 rings (SSSR count). The number of amides is 1. The number of nitro groups is 1. The first kappa shape index (κ1) is 20.5. The van der Waals surface area contributed by atoms with Gasteiger partial charge in [0.25, 0.3) is 11.6 Å². The second-order valence-electron chi connectivity index (χ2n) is 7.01. The van der Waals surface area contributed by atoms with E-state index in [1.807, 2.05) is 6.07 Å². The van der Waals surface area contributed by atoms with Crippen molar-refractivity contribution < 1.29 is 14.5 Å². The molecule has 0 atom stereocenters. The molecule has 0 unspecified atom stereocenters. The number of nitrogens with zero attached hydrogens (tertiary/aromatic N) is 3. The van der Waals surface area contributed by atoms with E-state index in [0.29, 0.717) is 17.0 Å². The van der Waals surface area contributed by atoms with E-state index in [2.05, 4.69) is 16.4 Å². The summed E-state index contributed by atoms with van der Waals surface area (Å²) in [4.78, 5) is 26.7. The average Bonchev–Trinajstić information content (AvgIpc) is 2.74. The third-order valence-corrected chi connectivity index (χ3v) is 4.37. The van der Waals surface area contributed by atoms with Crippen molar-refractivity contribution in [1.82, 2.24) is 4.98 Å². The van der Waals surface area contributed by atoms with Gasteiger partial charge in [-0.1, -0.05) is 18.2 Å². The number of nitriles is 1. The van der Waals surface area contributed by atoms with Gasteiger partial charge < -0.3 is 10.1 Å². The minimum absolute atomic E-state index is 0.134. The van der Waals surface area contributed by atoms with E-state index in [4.69, 9.17) is 4.74 Å². The van der Waals surface area contributed by atoms with Crippen LogP contribution in [0.4, 0.5) is 11.4 Å². The molecule has 1 N–H and O–H groups in total. The number of ether oxygens (including phenoxy) is 1. The van der Waals surface area contributed by atoms with E-state index in [9.17, 15) is 20.2 Å². The first-order valence-corrected chi connectivity index (χ1v) is 9.00. The molecule has 30 heavy (non-hydrogen) atoms. The van der Waals surface area contributed by atoms with Crippen LogP contribution in [0.2, 0.25) is 0 Å². The Balaban J connectivity index is 1.74. The molecule has 8 nitrogen and oxygen atoms in total. The first-order chi connectivity index (χ1) is 14.3. The number of pyridine rings is 1. The number of nitrogens with one attached hydrogen (secondary N) is 1. The topological polar surface area (TPSA) is 118 Å². The van der Waals surface area contributed by atoms with Gasteiger partial charge in [0.1, 0.15) is 11.9 Å². The Hall–Kier alpha value is -4.25. The quantitative estimate of drug-likeness (QED) is 0.466. The highest BCUT2D eigenvalue weighted by Gasteiger charge is 2.21. The third-order valence-electron chi connectivity index (χ3n) is 4.37. The zero-order chi connectivity index (χ0) is 21.7. The molecule has 150 valence electrons. The largest absolute Gasteiger partial charge is 0.439 e. The maximum Gasteiger partial charge on any atom is 0.287 e. The van der Waals surface area contributed by atoms with Crippen molar-refractivity contribution in [2.45, 2.75) is 19.3 Å². The highest BCUT2D eigenvalue weighted by Crippen LogP contribution is 2.26. The van der Waals surface area contributed by atoms with Crippen LogP contribution in [0.15, 0.2) is 66.9 Å². The molecule has 1 heterocycles. The molecule has 2 aromatic carbocycles. The Morgan fingerprint density at radius 2 is 1.93 bits per heavy atom. The van der Waals surface area contributed by atoms with E-state index in [0.717, 1.165) is 11.8 Å². The van der Waals surface area contributed by atoms with Crippen molar-refractivity contribution in [2.75, 3.05) is 5.32 Å². The molecule has 1 amide bonds. The molecule has 0 aliphatic carbocycles. The lowest BCUT2D eigenvalue weighted by atomic mass is 9.85. The summed E-state index contributed by atoms with van der Waals surface area (Å²) in [7, 11) is 0. The third kappa shape index (κ3) is 4.77. The van der Waals surface area contributed by atoms with E-state index >= 15 is 0 Å². The monoisotopic (exact) mass is 402 g/mol. The van der Waals surface area contributed by atoms with Gasteiger partial charge in [0.2, 0.25) is 5.88 Å². The highest BCUT2D eigenvalue weighted by atomic mass is 16.6. The fraction of sp³-hybridized carbons (Fsp3) is 0.136. The van der Waals surface area contributed by atoms with Crippen molar-refractivity contribution in [1.29, 1.82) is 5.26 Å². The molecule has 0 spiro atoms. The van der Waals surface area contributed by atoms with Crippen LogP contribution < -0.4 is 10.1 Å². The van der Waals surface area contributed by atoms with E-state index in [-0.39, 0.29) is 17.5 Å². The molecule has 0 aliphatic heterocycles. The second-order valence-corrected chi connectivity index (χ2v) is 7.01. The number of benzene rings is 2. The number of aromatic nitrogens is 1. The van der Waals surface area contributed by atoms with Gasteiger partial charge in [0.15, 0.2) is 0 Å². The number of carbonyl (C=O) groups excluding carboxylic acids is 1. The van der Waals surface area contributed by atoms with E-state index < -0.39 is 10.3 Å². The predicted octanol–water partition coefficient (Wildman–Crippen LogP) is 4.84. The summed E-state index contributed by atoms with van der Waals surface area (Å²) in [6.45, 7) is 3.58. The minimum Gasteiger partial charge on any atom is -0.439 e. The number of hydrogen-bond donors (Lipinski definition) is 1. The summed E-state index contributed by atoms with van der Waals surface area (Å²) < 4.78 is 5.60. The Kier molecular flexibility index (Phi) is 5.74. The summed E-state index contributed by atoms with van der Waals surface area (Å²) in [5.74, 6) is 0.278. The van der Waals surface area contributed by atoms with Crippen molar-refractivity contribution in [3.63, 3.8) is 0 Å². The first-order valence-electron chi connectivity index (χ1n) is 9.00. The molecular formula is C22H18N4O4. The van der Waals surface area contributed by atoms with Gasteiger partial charge >= 0.3 is 0 Å². The van der Waals surface area contributed by atoms with Gasteiger partial charge in [-0.25, -0.2) is 4.98 Å². The van der Waals surface area contributed by atoms with Crippen LogP contribution in [-0.4, -0.2) is 15.8 Å². The summed E-state index contributed by atoms with van der Waals surface area (Å²) in [6, 6.07) is 18.5. The second kappa shape index (κ2) is 8.41. The normalized spacial score (nSPS) is 10.7. The van der Waals surface area contributed by atoms with Crippen LogP contribution in [-0.2, 0) is 5.41 Å². The van der Waals surface area contributed by atoms with Gasteiger partial charge in [0, 0.05) is 29.4 Å². The van der Waals surface area contributed by atoms with Gasteiger partial charge in [-0.15, -0.1) is 0 Å². The Bertz CT molecular complexity index is 1130. The Morgan fingerprint density at radius 1 is 1.17 bits per heavy atom. The van der Waals surface area contributed by atoms with Gasteiger partial charge in [-0.2, -0.15) is 5.26 Å². The lowest BCUT2D eigenvalue weighted by Gasteiger charge is -2.16. The molecule has 0 saturated carbocycles. The zero-order valence-electron chi connectivity index (χ0n) is 16.3. The lowest BCUT2D eigenvalue weighted by molar-refractivity contribution is -0.385. The number of rotatable bonds is 6. The van der Waals surface area contributed by atoms with Crippen LogP contribution in [0.3, 0.4) is 0 Å². The van der Waals surface area contributed by atoms with Crippen LogP contribution >= 0.6 is 0 Å². The standard InChI is InChI=1S/C22H18N4O4/c1-22(2,14-23)16-6-3-5-15(11-16)21(27)25-17-7-4-8-19(12-17)30-20-10-9-18(13-24-20)26(28)29/h3-13H,1-2H3,(H,25,27). The SMILES string of the molecule is CC(C)(C#N)c1cccc(C(=O)Nc2cccc(Oc3ccc([N+](=O)[O-])cn3)c2)c1. The van der Waals surface area contributed by atoms with Crippen molar-refractivity contribution in [3.05, 3.63) is 88.1 Å². The predicted molar refractivity (Wildman–Crippen MR) is 110 cm³/mol. The van der Waals surface area contributed by atoms with Crippen LogP contribution in [0.25, 0.3) is 0 Å². The fourth-order valence-corrected chi connectivity index (χ4v) is 2.62. The summed E-state index contributed by atoms with van der Waals surface area (Å²) in [5.41, 5.74) is 0.842. The molecule has 1 aromatic heterocycles. The van der Waals surface area contributed by atoms with E-state index in [1.54, 1.807) is 56.3 Å². The summed E-state index contributed by atoms with van der Waals surface area (Å²) >= 11 is 0. The highest BCUT2D eigenvalue weighted by molar-refractivity contribution is 6.04. The van der Waals surface area contributed by atoms with Crippen LogP contribution in [0.5, 0.6) is 11.6 Å². The van der Waals surface area contributed by atoms with Gasteiger partial charge in [-0.3, -0.25) is 14.9 Å². The maximum atomic E-state index is 12.6. The smallest absolute Gasteiger partial charge is 0.287 e. The molecule has 8 heteroatoms. The molecular weight excluding hydrogens is 384 g/mol. The van der Waals surface area contributed by atoms with Gasteiger partial charge in [0.05, 0.1) is 16.4 Å². The summed E-state index contributed by atoms with van der Waals surface area (Å²) in [5, 5.41) is 22.8. The fourth-order valence-electron chi connectivity index (χ4n) is 2.62. The Morgan fingerprint density at radius 3 is 2.60 bits per heavy atom. The van der Waals surface area contributed by atoms with Crippen molar-refractivity contribution >= 4 is 17.3 Å². The maximum absolute atomic E-state index is 12.6. The molecule has 3 aromatic rings. The van der Waals surface area contributed by atoms with Gasteiger partial charge in [-0.05, 0) is 43.7 Å². The number of carbonyl (C=O) groups is 1. The minimum atomic E-state index is -0.707. The number of hydrogen-bond acceptors (Lipinski definition) is 6. The molecule has 0 fully saturated rings. The molecule has 0 bridgehead atoms. The van der Waals surface area contributed by atoms with Crippen molar-refractivity contribution in [3.8, 4) is 17.7 Å². The molecule has 0 aliphatic rings. The van der Waals surface area contributed by atoms with Crippen molar-refractivity contribution in [2.24, 2.45) is 0 Å². The van der Waals surface area contributed by atoms with E-state index in [1.165, 1.54) is 12.1 Å². The zero-order valence-corrected chi connectivity index (χ0v) is 16.3. The summed E-state index contributed by atoms with van der Waals surface area (Å²) in [6.07, 6.45) is 1.11. The van der Waals surface area contributed by atoms with Crippen LogP contribution in [0.1, 0.15) is 29.8 Å². The molecule has 0 radical (unpaired) electrons.